The van der Waals surface area contributed by atoms with Crippen LogP contribution in [-0.4, -0.2) is 19.4 Å². The lowest BCUT2D eigenvalue weighted by molar-refractivity contribution is 0.549. The molecular formula is C10H22O2S. The molecule has 0 aromatic rings. The molecule has 0 fully saturated rings. The monoisotopic (exact) mass is 206 g/mol. The highest BCUT2D eigenvalue weighted by molar-refractivity contribution is 7.91. The van der Waals surface area contributed by atoms with E-state index in [4.69, 9.17) is 0 Å². The van der Waals surface area contributed by atoms with Crippen LogP contribution in [-0.2, 0) is 9.84 Å². The standard InChI is InChI=1S/C10H22O2S/c1-4-7-9-10(8-5-2)13(11,12)6-3/h10H,4-9H2,1-3H3. The molecule has 0 radical (unpaired) electrons. The molecule has 0 aromatic heterocycles. The van der Waals surface area contributed by atoms with Gasteiger partial charge in [0.2, 0.25) is 0 Å². The lowest BCUT2D eigenvalue weighted by atomic mass is 10.1. The van der Waals surface area contributed by atoms with Crippen LogP contribution in [0.1, 0.15) is 52.9 Å². The summed E-state index contributed by atoms with van der Waals surface area (Å²) in [6.07, 6.45) is 4.76. The van der Waals surface area contributed by atoms with Gasteiger partial charge >= 0.3 is 0 Å². The largest absolute Gasteiger partial charge is 0.229 e. The Labute approximate surface area is 82.6 Å². The van der Waals surface area contributed by atoms with Crippen molar-refractivity contribution in [2.75, 3.05) is 5.75 Å². The fraction of sp³-hybridized carbons (Fsp3) is 1.00. The molecule has 0 aliphatic rings. The first-order valence-electron chi connectivity index (χ1n) is 5.30. The van der Waals surface area contributed by atoms with Gasteiger partial charge in [-0.1, -0.05) is 40.0 Å². The molecule has 0 heterocycles. The van der Waals surface area contributed by atoms with Gasteiger partial charge in [0.25, 0.3) is 0 Å². The van der Waals surface area contributed by atoms with Crippen LogP contribution in [0.5, 0.6) is 0 Å². The third-order valence-electron chi connectivity index (χ3n) is 2.40. The first kappa shape index (κ1) is 12.9. The van der Waals surface area contributed by atoms with Gasteiger partial charge in [-0.05, 0) is 12.8 Å². The van der Waals surface area contributed by atoms with Crippen molar-refractivity contribution < 1.29 is 8.42 Å². The van der Waals surface area contributed by atoms with Crippen LogP contribution in [0.2, 0.25) is 0 Å². The first-order valence-corrected chi connectivity index (χ1v) is 7.01. The number of hydrogen-bond donors (Lipinski definition) is 0. The Morgan fingerprint density at radius 3 is 2.00 bits per heavy atom. The molecule has 0 aliphatic carbocycles. The van der Waals surface area contributed by atoms with Gasteiger partial charge < -0.3 is 0 Å². The van der Waals surface area contributed by atoms with Gasteiger partial charge in [0.05, 0.1) is 5.25 Å². The maximum absolute atomic E-state index is 11.6. The summed E-state index contributed by atoms with van der Waals surface area (Å²) < 4.78 is 23.2. The molecule has 0 saturated heterocycles. The average molecular weight is 206 g/mol. The summed E-state index contributed by atoms with van der Waals surface area (Å²) in [5.41, 5.74) is 0. The molecule has 0 aliphatic heterocycles. The Morgan fingerprint density at radius 2 is 1.62 bits per heavy atom. The van der Waals surface area contributed by atoms with Crippen LogP contribution >= 0.6 is 0 Å². The quantitative estimate of drug-likeness (QED) is 0.642. The Balaban J connectivity index is 4.23. The average Bonchev–Trinajstić information content (AvgIpc) is 2.12. The number of rotatable bonds is 7. The second-order valence-corrected chi connectivity index (χ2v) is 6.07. The van der Waals surface area contributed by atoms with E-state index in [1.807, 2.05) is 6.92 Å². The van der Waals surface area contributed by atoms with Crippen LogP contribution in [0.15, 0.2) is 0 Å². The molecule has 13 heavy (non-hydrogen) atoms. The zero-order valence-electron chi connectivity index (χ0n) is 9.04. The molecular weight excluding hydrogens is 184 g/mol. The molecule has 0 saturated carbocycles. The summed E-state index contributed by atoms with van der Waals surface area (Å²) in [5.74, 6) is 0.293. The minimum atomic E-state index is -2.79. The summed E-state index contributed by atoms with van der Waals surface area (Å²) in [6.45, 7) is 5.88. The molecule has 0 rings (SSSR count). The smallest absolute Gasteiger partial charge is 0.152 e. The Bertz CT molecular complexity index is 207. The molecule has 0 aromatic carbocycles. The second kappa shape index (κ2) is 6.41. The predicted octanol–water partition coefficient (Wildman–Crippen LogP) is 2.78. The maximum atomic E-state index is 11.6. The Kier molecular flexibility index (Phi) is 6.39. The van der Waals surface area contributed by atoms with Crippen LogP contribution in [0.25, 0.3) is 0 Å². The minimum absolute atomic E-state index is 0.0811. The predicted molar refractivity (Wildman–Crippen MR) is 57.7 cm³/mol. The fourth-order valence-electron chi connectivity index (χ4n) is 1.49. The van der Waals surface area contributed by atoms with E-state index in [-0.39, 0.29) is 5.25 Å². The van der Waals surface area contributed by atoms with E-state index >= 15 is 0 Å². The molecule has 1 atom stereocenters. The van der Waals surface area contributed by atoms with Gasteiger partial charge in [0, 0.05) is 5.75 Å². The van der Waals surface area contributed by atoms with Crippen molar-refractivity contribution in [2.24, 2.45) is 0 Å². The maximum Gasteiger partial charge on any atom is 0.152 e. The zero-order valence-corrected chi connectivity index (χ0v) is 9.86. The molecule has 0 amide bonds. The van der Waals surface area contributed by atoms with E-state index in [0.29, 0.717) is 5.75 Å². The highest BCUT2D eigenvalue weighted by Gasteiger charge is 2.21. The van der Waals surface area contributed by atoms with E-state index in [9.17, 15) is 8.42 Å². The number of unbranched alkanes of at least 4 members (excludes halogenated alkanes) is 1. The van der Waals surface area contributed by atoms with Crippen LogP contribution < -0.4 is 0 Å². The zero-order chi connectivity index (χ0) is 10.3. The topological polar surface area (TPSA) is 34.1 Å². The number of hydrogen-bond acceptors (Lipinski definition) is 2. The van der Waals surface area contributed by atoms with E-state index in [1.165, 1.54) is 0 Å². The molecule has 3 heteroatoms. The van der Waals surface area contributed by atoms with Crippen molar-refractivity contribution in [3.63, 3.8) is 0 Å². The SMILES string of the molecule is CCCCC(CCC)S(=O)(=O)CC. The van der Waals surface area contributed by atoms with Crippen LogP contribution in [0.4, 0.5) is 0 Å². The lowest BCUT2D eigenvalue weighted by Gasteiger charge is -2.15. The van der Waals surface area contributed by atoms with Gasteiger partial charge in [-0.15, -0.1) is 0 Å². The van der Waals surface area contributed by atoms with Crippen molar-refractivity contribution in [1.29, 1.82) is 0 Å². The molecule has 80 valence electrons. The van der Waals surface area contributed by atoms with Crippen LogP contribution in [0, 0.1) is 0 Å². The molecule has 0 bridgehead atoms. The van der Waals surface area contributed by atoms with Crippen molar-refractivity contribution in [1.82, 2.24) is 0 Å². The van der Waals surface area contributed by atoms with E-state index in [1.54, 1.807) is 6.92 Å². The van der Waals surface area contributed by atoms with Gasteiger partial charge in [-0.3, -0.25) is 0 Å². The van der Waals surface area contributed by atoms with Gasteiger partial charge in [0.15, 0.2) is 9.84 Å². The van der Waals surface area contributed by atoms with E-state index in [0.717, 1.165) is 32.1 Å². The summed E-state index contributed by atoms with van der Waals surface area (Å²) >= 11 is 0. The Hall–Kier alpha value is -0.0500. The molecule has 2 nitrogen and oxygen atoms in total. The third kappa shape index (κ3) is 4.65. The van der Waals surface area contributed by atoms with E-state index in [2.05, 4.69) is 6.92 Å². The highest BCUT2D eigenvalue weighted by atomic mass is 32.2. The van der Waals surface area contributed by atoms with Crippen LogP contribution in [0.3, 0.4) is 0 Å². The van der Waals surface area contributed by atoms with Gasteiger partial charge in [-0.25, -0.2) is 8.42 Å². The van der Waals surface area contributed by atoms with Crippen molar-refractivity contribution >= 4 is 9.84 Å². The van der Waals surface area contributed by atoms with Crippen molar-refractivity contribution in [3.05, 3.63) is 0 Å². The number of sulfone groups is 1. The molecule has 1 unspecified atom stereocenters. The first-order chi connectivity index (χ1) is 6.08. The minimum Gasteiger partial charge on any atom is -0.229 e. The lowest BCUT2D eigenvalue weighted by Crippen LogP contribution is -2.22. The van der Waals surface area contributed by atoms with Crippen molar-refractivity contribution in [2.45, 2.75) is 58.1 Å². The fourth-order valence-corrected chi connectivity index (χ4v) is 3.08. The Morgan fingerprint density at radius 1 is 1.00 bits per heavy atom. The molecule has 0 spiro atoms. The molecule has 0 N–H and O–H groups in total. The summed E-state index contributed by atoms with van der Waals surface area (Å²) in [4.78, 5) is 0. The van der Waals surface area contributed by atoms with Crippen molar-refractivity contribution in [3.8, 4) is 0 Å². The third-order valence-corrected chi connectivity index (χ3v) is 4.69. The van der Waals surface area contributed by atoms with Gasteiger partial charge in [-0.2, -0.15) is 0 Å². The summed E-state index contributed by atoms with van der Waals surface area (Å²) in [7, 11) is -2.79. The highest BCUT2D eigenvalue weighted by Crippen LogP contribution is 2.16. The summed E-state index contributed by atoms with van der Waals surface area (Å²) in [5, 5.41) is -0.0811. The van der Waals surface area contributed by atoms with Gasteiger partial charge in [0.1, 0.15) is 0 Å². The van der Waals surface area contributed by atoms with E-state index < -0.39 is 9.84 Å². The summed E-state index contributed by atoms with van der Waals surface area (Å²) in [6, 6.07) is 0. The normalized spacial score (nSPS) is 14.4. The second-order valence-electron chi connectivity index (χ2n) is 3.50.